The molecule has 0 unspecified atom stereocenters. The first-order chi connectivity index (χ1) is 16.2. The smallest absolute Gasteiger partial charge is 0.140 e. The molecule has 0 aliphatic carbocycles. The molecule has 0 N–H and O–H groups in total. The second-order valence-corrected chi connectivity index (χ2v) is 10.4. The third-order valence-electron chi connectivity index (χ3n) is 5.66. The quantitative estimate of drug-likeness (QED) is 0.168. The van der Waals surface area contributed by atoms with Crippen LogP contribution < -0.4 is 10.6 Å². The highest BCUT2D eigenvalue weighted by atomic mass is 31.1. The first-order valence-corrected chi connectivity index (χ1v) is 12.8. The van der Waals surface area contributed by atoms with Crippen LogP contribution in [0.2, 0.25) is 0 Å². The van der Waals surface area contributed by atoms with Crippen LogP contribution >= 0.6 is 8.07 Å². The molecule has 166 valence electrons. The van der Waals surface area contributed by atoms with Gasteiger partial charge in [-0.25, -0.2) is 4.99 Å². The largest absolute Gasteiger partial charge is 0.330 e. The average molecular weight is 451 g/mol. The molecular weight excluding hydrogens is 419 g/mol. The van der Waals surface area contributed by atoms with Gasteiger partial charge in [-0.05, 0) is 25.0 Å². The molecular formula is C30H31N2P. The SMILES string of the molecule is CCCc1ccccc1N=C(c1ccc(C)cc1)N(C)P(c1ccccc1)c1ccccc1. The summed E-state index contributed by atoms with van der Waals surface area (Å²) < 4.78 is 2.38. The van der Waals surface area contributed by atoms with E-state index >= 15 is 0 Å². The number of nitrogens with zero attached hydrogens (tertiary/aromatic N) is 2. The molecule has 0 spiro atoms. The molecule has 3 heteroatoms. The number of aryl methyl sites for hydroxylation is 2. The lowest BCUT2D eigenvalue weighted by atomic mass is 10.1. The molecule has 0 atom stereocenters. The standard InChI is InChI=1S/C30H31N2P/c1-4-13-25-14-11-12-19-29(25)31-30(26-22-20-24(2)21-23-26)32(3)33(27-15-7-5-8-16-27)28-17-9-6-10-18-28/h5-12,14-23H,4,13H2,1-3H3. The first-order valence-electron chi connectivity index (χ1n) is 11.5. The van der Waals surface area contributed by atoms with Gasteiger partial charge in [0, 0.05) is 23.2 Å². The van der Waals surface area contributed by atoms with Gasteiger partial charge in [-0.1, -0.05) is 122 Å². The van der Waals surface area contributed by atoms with Crippen molar-refractivity contribution in [3.05, 3.63) is 126 Å². The molecule has 0 saturated carbocycles. The summed E-state index contributed by atoms with van der Waals surface area (Å²) in [5, 5.41) is 2.62. The Morgan fingerprint density at radius 1 is 0.727 bits per heavy atom. The van der Waals surface area contributed by atoms with Crippen molar-refractivity contribution < 1.29 is 0 Å². The summed E-state index contributed by atoms with van der Waals surface area (Å²) in [6, 6.07) is 38.8. The maximum Gasteiger partial charge on any atom is 0.140 e. The zero-order valence-corrected chi connectivity index (χ0v) is 20.5. The Labute approximate surface area is 199 Å². The minimum atomic E-state index is -0.794. The fourth-order valence-corrected chi connectivity index (χ4v) is 6.22. The summed E-state index contributed by atoms with van der Waals surface area (Å²) in [6.45, 7) is 4.35. The van der Waals surface area contributed by atoms with E-state index in [0.29, 0.717) is 0 Å². The Kier molecular flexibility index (Phi) is 7.70. The van der Waals surface area contributed by atoms with Gasteiger partial charge < -0.3 is 4.67 Å². The van der Waals surface area contributed by atoms with Crippen molar-refractivity contribution >= 4 is 30.2 Å². The van der Waals surface area contributed by atoms with Gasteiger partial charge in [0.2, 0.25) is 0 Å². The maximum atomic E-state index is 5.31. The second kappa shape index (κ2) is 11.1. The number of rotatable bonds is 7. The van der Waals surface area contributed by atoms with E-state index in [-0.39, 0.29) is 0 Å². The number of aliphatic imine (C=N–C) groups is 1. The Balaban J connectivity index is 1.88. The van der Waals surface area contributed by atoms with Crippen LogP contribution in [0.3, 0.4) is 0 Å². The molecule has 0 bridgehead atoms. The molecule has 0 saturated heterocycles. The Morgan fingerprint density at radius 2 is 1.27 bits per heavy atom. The molecule has 0 amide bonds. The summed E-state index contributed by atoms with van der Waals surface area (Å²) in [4.78, 5) is 5.31. The van der Waals surface area contributed by atoms with E-state index in [1.165, 1.54) is 21.7 Å². The summed E-state index contributed by atoms with van der Waals surface area (Å²) in [6.07, 6.45) is 2.12. The fraction of sp³-hybridized carbons (Fsp3) is 0.167. The molecule has 0 heterocycles. The van der Waals surface area contributed by atoms with Gasteiger partial charge in [0.25, 0.3) is 0 Å². The van der Waals surface area contributed by atoms with Crippen LogP contribution in [0.4, 0.5) is 5.69 Å². The van der Waals surface area contributed by atoms with Crippen molar-refractivity contribution in [2.75, 3.05) is 7.05 Å². The zero-order valence-electron chi connectivity index (χ0n) is 19.6. The van der Waals surface area contributed by atoms with Crippen LogP contribution in [-0.4, -0.2) is 17.6 Å². The predicted octanol–water partition coefficient (Wildman–Crippen LogP) is 7.01. The lowest BCUT2D eigenvalue weighted by Gasteiger charge is -2.32. The van der Waals surface area contributed by atoms with Gasteiger partial charge in [-0.2, -0.15) is 0 Å². The van der Waals surface area contributed by atoms with Crippen LogP contribution in [0.15, 0.2) is 114 Å². The number of hydrogen-bond acceptors (Lipinski definition) is 1. The monoisotopic (exact) mass is 450 g/mol. The van der Waals surface area contributed by atoms with Crippen molar-refractivity contribution in [2.24, 2.45) is 4.99 Å². The van der Waals surface area contributed by atoms with Gasteiger partial charge in [0.1, 0.15) is 5.84 Å². The van der Waals surface area contributed by atoms with E-state index in [1.54, 1.807) is 0 Å². The van der Waals surface area contributed by atoms with Crippen LogP contribution in [0.25, 0.3) is 0 Å². The summed E-state index contributed by atoms with van der Waals surface area (Å²) in [7, 11) is 1.39. The molecule has 4 rings (SSSR count). The van der Waals surface area contributed by atoms with Crippen LogP contribution in [0, 0.1) is 6.92 Å². The maximum absolute atomic E-state index is 5.31. The molecule has 0 aliphatic heterocycles. The van der Waals surface area contributed by atoms with E-state index in [9.17, 15) is 0 Å². The summed E-state index contributed by atoms with van der Waals surface area (Å²) >= 11 is 0. The third-order valence-corrected chi connectivity index (χ3v) is 8.02. The van der Waals surface area contributed by atoms with E-state index in [1.807, 2.05) is 0 Å². The second-order valence-electron chi connectivity index (χ2n) is 8.19. The van der Waals surface area contributed by atoms with Crippen LogP contribution in [0.1, 0.15) is 30.0 Å². The normalized spacial score (nSPS) is 11.6. The van der Waals surface area contributed by atoms with Crippen molar-refractivity contribution in [1.29, 1.82) is 0 Å². The fourth-order valence-electron chi connectivity index (χ4n) is 3.97. The zero-order chi connectivity index (χ0) is 23.0. The summed E-state index contributed by atoms with van der Waals surface area (Å²) in [5.74, 6) is 0.998. The highest BCUT2D eigenvalue weighted by molar-refractivity contribution is 7.71. The minimum absolute atomic E-state index is 0.794. The van der Waals surface area contributed by atoms with E-state index in [2.05, 4.69) is 135 Å². The Bertz CT molecular complexity index is 1150. The molecule has 4 aromatic rings. The number of benzene rings is 4. The first kappa shape index (κ1) is 23.0. The minimum Gasteiger partial charge on any atom is -0.330 e. The molecule has 0 radical (unpaired) electrons. The van der Waals surface area contributed by atoms with Gasteiger partial charge >= 0.3 is 0 Å². The molecule has 4 aromatic carbocycles. The number of amidine groups is 1. The molecule has 2 nitrogen and oxygen atoms in total. The predicted molar refractivity (Wildman–Crippen MR) is 145 cm³/mol. The van der Waals surface area contributed by atoms with Crippen molar-refractivity contribution in [3.8, 4) is 0 Å². The van der Waals surface area contributed by atoms with Gasteiger partial charge in [0.15, 0.2) is 0 Å². The number of para-hydroxylation sites is 1. The molecule has 33 heavy (non-hydrogen) atoms. The molecule has 0 fully saturated rings. The lowest BCUT2D eigenvalue weighted by Crippen LogP contribution is -2.31. The van der Waals surface area contributed by atoms with E-state index in [4.69, 9.17) is 4.99 Å². The van der Waals surface area contributed by atoms with Gasteiger partial charge in [-0.3, -0.25) is 0 Å². The number of hydrogen-bond donors (Lipinski definition) is 0. The Morgan fingerprint density at radius 3 is 1.85 bits per heavy atom. The van der Waals surface area contributed by atoms with E-state index < -0.39 is 8.07 Å². The van der Waals surface area contributed by atoms with E-state index in [0.717, 1.165) is 29.9 Å². The lowest BCUT2D eigenvalue weighted by molar-refractivity contribution is 0.827. The molecule has 0 aromatic heterocycles. The van der Waals surface area contributed by atoms with Gasteiger partial charge in [0.05, 0.1) is 13.8 Å². The van der Waals surface area contributed by atoms with Crippen LogP contribution in [0.5, 0.6) is 0 Å². The van der Waals surface area contributed by atoms with Crippen molar-refractivity contribution in [2.45, 2.75) is 26.7 Å². The van der Waals surface area contributed by atoms with Crippen LogP contribution in [-0.2, 0) is 6.42 Å². The highest BCUT2D eigenvalue weighted by Crippen LogP contribution is 2.39. The van der Waals surface area contributed by atoms with Gasteiger partial charge in [-0.15, -0.1) is 0 Å². The Hall–Kier alpha value is -3.22. The summed E-state index contributed by atoms with van der Waals surface area (Å²) in [5.41, 5.74) is 4.73. The third kappa shape index (κ3) is 5.59. The average Bonchev–Trinajstić information content (AvgIpc) is 2.86. The molecule has 0 aliphatic rings. The topological polar surface area (TPSA) is 15.6 Å². The highest BCUT2D eigenvalue weighted by Gasteiger charge is 2.23. The van der Waals surface area contributed by atoms with Crippen molar-refractivity contribution in [3.63, 3.8) is 0 Å². The van der Waals surface area contributed by atoms with Crippen molar-refractivity contribution in [1.82, 2.24) is 4.67 Å².